The van der Waals surface area contributed by atoms with Crippen molar-refractivity contribution < 1.29 is 39.1 Å². The van der Waals surface area contributed by atoms with Crippen molar-refractivity contribution >= 4 is 18.0 Å². The summed E-state index contributed by atoms with van der Waals surface area (Å²) >= 11 is 0. The lowest BCUT2D eigenvalue weighted by molar-refractivity contribution is -0.132. The highest BCUT2D eigenvalue weighted by Gasteiger charge is 2.19. The lowest BCUT2D eigenvalue weighted by Gasteiger charge is -2.14. The van der Waals surface area contributed by atoms with Crippen molar-refractivity contribution in [3.05, 3.63) is 47.2 Å². The molecule has 0 aliphatic heterocycles. The van der Waals surface area contributed by atoms with E-state index in [0.717, 1.165) is 12.1 Å². The van der Waals surface area contributed by atoms with Crippen LogP contribution in [0.25, 0.3) is 6.08 Å². The van der Waals surface area contributed by atoms with E-state index in [0.29, 0.717) is 0 Å². The molecule has 0 radical (unpaired) electrons. The molecule has 0 heterocycles. The Morgan fingerprint density at radius 1 is 0.964 bits per heavy atom. The minimum Gasteiger partial charge on any atom is -0.508 e. The number of carboxylic acids is 1. The number of aliphatic carboxylic acids is 1. The van der Waals surface area contributed by atoms with Crippen LogP contribution in [0.15, 0.2) is 36.0 Å². The first-order chi connectivity index (χ1) is 13.3. The molecule has 0 atom stereocenters. The van der Waals surface area contributed by atoms with Crippen molar-refractivity contribution in [2.45, 2.75) is 0 Å². The quantitative estimate of drug-likeness (QED) is 0.528. The molecule has 2 rings (SSSR count). The van der Waals surface area contributed by atoms with Gasteiger partial charge in [-0.15, -0.1) is 0 Å². The van der Waals surface area contributed by atoms with Crippen LogP contribution in [0.2, 0.25) is 0 Å². The van der Waals surface area contributed by atoms with Crippen LogP contribution in [0.4, 0.5) is 0 Å². The molecule has 2 aromatic rings. The van der Waals surface area contributed by atoms with E-state index in [1.807, 2.05) is 0 Å². The molecule has 0 aromatic heterocycles. The molecule has 9 nitrogen and oxygen atoms in total. The average molecular weight is 389 g/mol. The molecule has 1 amide bonds. The first-order valence-corrected chi connectivity index (χ1v) is 7.89. The number of ether oxygens (including phenoxy) is 3. The molecule has 0 bridgehead atoms. The number of hydrogen-bond acceptors (Lipinski definition) is 7. The van der Waals surface area contributed by atoms with E-state index < -0.39 is 17.6 Å². The van der Waals surface area contributed by atoms with Crippen LogP contribution in [-0.2, 0) is 4.79 Å². The Morgan fingerprint density at radius 2 is 1.57 bits per heavy atom. The number of carbonyl (C=O) groups excluding carboxylic acids is 1. The Bertz CT molecular complexity index is 911. The van der Waals surface area contributed by atoms with Gasteiger partial charge in [0.1, 0.15) is 17.2 Å². The van der Waals surface area contributed by atoms with Crippen LogP contribution in [0, 0.1) is 0 Å². The lowest BCUT2D eigenvalue weighted by Crippen LogP contribution is -2.27. The van der Waals surface area contributed by atoms with Gasteiger partial charge < -0.3 is 34.8 Å². The van der Waals surface area contributed by atoms with Crippen LogP contribution in [0.1, 0.15) is 15.9 Å². The van der Waals surface area contributed by atoms with Crippen molar-refractivity contribution in [1.82, 2.24) is 5.32 Å². The molecule has 2 aromatic carbocycles. The van der Waals surface area contributed by atoms with Gasteiger partial charge in [0.2, 0.25) is 5.75 Å². The number of phenols is 2. The SMILES string of the molecule is COc1cc(C(=O)N/C(=C/c2ccc(O)cc2O)C(=O)O)cc(OC)c1OC. The number of carboxylic acid groups (broad SMARTS) is 1. The summed E-state index contributed by atoms with van der Waals surface area (Å²) in [5, 5.41) is 30.8. The molecule has 0 spiro atoms. The Hall–Kier alpha value is -3.88. The maximum atomic E-state index is 12.6. The molecule has 0 saturated carbocycles. The number of rotatable bonds is 7. The van der Waals surface area contributed by atoms with E-state index >= 15 is 0 Å². The summed E-state index contributed by atoms with van der Waals surface area (Å²) in [7, 11) is 4.18. The third kappa shape index (κ3) is 4.44. The number of hydrogen-bond donors (Lipinski definition) is 4. The highest BCUT2D eigenvalue weighted by Crippen LogP contribution is 2.38. The van der Waals surface area contributed by atoms with Crippen LogP contribution in [-0.4, -0.2) is 48.5 Å². The third-order valence-corrected chi connectivity index (χ3v) is 3.72. The molecule has 0 aliphatic carbocycles. The summed E-state index contributed by atoms with van der Waals surface area (Å²) in [6.07, 6.45) is 1.06. The number of phenolic OH excluding ortho intramolecular Hbond substituents is 2. The fourth-order valence-corrected chi connectivity index (χ4v) is 2.37. The zero-order valence-electron chi connectivity index (χ0n) is 15.3. The van der Waals surface area contributed by atoms with Gasteiger partial charge in [0.15, 0.2) is 11.5 Å². The fourth-order valence-electron chi connectivity index (χ4n) is 2.37. The van der Waals surface area contributed by atoms with E-state index in [9.17, 15) is 24.9 Å². The zero-order chi connectivity index (χ0) is 20.8. The maximum Gasteiger partial charge on any atom is 0.352 e. The topological polar surface area (TPSA) is 135 Å². The predicted octanol–water partition coefficient (Wildman–Crippen LogP) is 1.98. The number of benzene rings is 2. The number of nitrogens with one attached hydrogen (secondary N) is 1. The van der Waals surface area contributed by atoms with Gasteiger partial charge in [0.05, 0.1) is 21.3 Å². The van der Waals surface area contributed by atoms with Crippen LogP contribution >= 0.6 is 0 Å². The maximum absolute atomic E-state index is 12.6. The van der Waals surface area contributed by atoms with Gasteiger partial charge in [-0.3, -0.25) is 4.79 Å². The minimum absolute atomic E-state index is 0.0663. The molecular formula is C19H19NO8. The second-order valence-corrected chi connectivity index (χ2v) is 5.47. The van der Waals surface area contributed by atoms with Crippen molar-refractivity contribution in [2.75, 3.05) is 21.3 Å². The largest absolute Gasteiger partial charge is 0.508 e. The van der Waals surface area contributed by atoms with Gasteiger partial charge >= 0.3 is 5.97 Å². The number of carbonyl (C=O) groups is 2. The van der Waals surface area contributed by atoms with Crippen molar-refractivity contribution in [3.63, 3.8) is 0 Å². The second kappa shape index (κ2) is 8.67. The normalized spacial score (nSPS) is 10.9. The van der Waals surface area contributed by atoms with Gasteiger partial charge in [-0.25, -0.2) is 4.79 Å². The lowest BCUT2D eigenvalue weighted by atomic mass is 10.1. The standard InChI is InChI=1S/C19H19NO8/c1-26-15-7-11(8-16(27-2)17(15)28-3)18(23)20-13(19(24)25)6-10-4-5-12(21)9-14(10)22/h4-9,21-22H,1-3H3,(H,20,23)(H,24,25)/b13-6+. The smallest absolute Gasteiger partial charge is 0.352 e. The summed E-state index contributed by atoms with van der Waals surface area (Å²) in [6.45, 7) is 0. The number of amides is 1. The number of aromatic hydroxyl groups is 2. The summed E-state index contributed by atoms with van der Waals surface area (Å²) in [6, 6.07) is 6.36. The molecule has 0 aliphatic rings. The Kier molecular flexibility index (Phi) is 6.33. The van der Waals surface area contributed by atoms with Crippen molar-refractivity contribution in [1.29, 1.82) is 0 Å². The molecular weight excluding hydrogens is 370 g/mol. The molecule has 148 valence electrons. The zero-order valence-corrected chi connectivity index (χ0v) is 15.3. The first-order valence-electron chi connectivity index (χ1n) is 7.89. The van der Waals surface area contributed by atoms with Crippen molar-refractivity contribution in [2.24, 2.45) is 0 Å². The molecule has 28 heavy (non-hydrogen) atoms. The summed E-state index contributed by atoms with van der Waals surface area (Å²) in [4.78, 5) is 24.1. The van der Waals surface area contributed by atoms with Gasteiger partial charge in [0, 0.05) is 17.2 Å². The van der Waals surface area contributed by atoms with Gasteiger partial charge in [-0.2, -0.15) is 0 Å². The van der Waals surface area contributed by atoms with Gasteiger partial charge in [0.25, 0.3) is 5.91 Å². The highest BCUT2D eigenvalue weighted by molar-refractivity contribution is 6.03. The molecule has 0 fully saturated rings. The Morgan fingerprint density at radius 3 is 2.04 bits per heavy atom. The summed E-state index contributed by atoms with van der Waals surface area (Å²) in [5.74, 6) is -1.97. The predicted molar refractivity (Wildman–Crippen MR) is 98.9 cm³/mol. The summed E-state index contributed by atoms with van der Waals surface area (Å²) < 4.78 is 15.5. The molecule has 9 heteroatoms. The van der Waals surface area contributed by atoms with E-state index in [1.54, 1.807) is 0 Å². The van der Waals surface area contributed by atoms with Crippen LogP contribution in [0.5, 0.6) is 28.7 Å². The third-order valence-electron chi connectivity index (χ3n) is 3.72. The van der Waals surface area contributed by atoms with Gasteiger partial charge in [-0.05, 0) is 30.3 Å². The molecule has 4 N–H and O–H groups in total. The Labute approximate surface area is 160 Å². The number of methoxy groups -OCH3 is 3. The van der Waals surface area contributed by atoms with Crippen LogP contribution in [0.3, 0.4) is 0 Å². The van der Waals surface area contributed by atoms with Crippen molar-refractivity contribution in [3.8, 4) is 28.7 Å². The van der Waals surface area contributed by atoms with E-state index in [1.165, 1.54) is 45.6 Å². The molecule has 0 saturated heterocycles. The highest BCUT2D eigenvalue weighted by atomic mass is 16.5. The Balaban J connectivity index is 2.40. The van der Waals surface area contributed by atoms with E-state index in [2.05, 4.69) is 5.32 Å². The summed E-state index contributed by atoms with van der Waals surface area (Å²) in [5.41, 5.74) is -0.322. The average Bonchev–Trinajstić information content (AvgIpc) is 2.67. The first kappa shape index (κ1) is 20.4. The fraction of sp³-hybridized carbons (Fsp3) is 0.158. The second-order valence-electron chi connectivity index (χ2n) is 5.47. The monoisotopic (exact) mass is 389 g/mol. The molecule has 0 unspecified atom stereocenters. The van der Waals surface area contributed by atoms with E-state index in [-0.39, 0.29) is 39.9 Å². The van der Waals surface area contributed by atoms with E-state index in [4.69, 9.17) is 14.2 Å². The van der Waals surface area contributed by atoms with Gasteiger partial charge in [-0.1, -0.05) is 0 Å². The minimum atomic E-state index is -1.42. The van der Waals surface area contributed by atoms with Crippen LogP contribution < -0.4 is 19.5 Å².